The van der Waals surface area contributed by atoms with Crippen LogP contribution in [0.2, 0.25) is 0 Å². The van der Waals surface area contributed by atoms with Gasteiger partial charge in [-0.05, 0) is 30.5 Å². The zero-order valence-electron chi connectivity index (χ0n) is 11.7. The van der Waals surface area contributed by atoms with Crippen LogP contribution < -0.4 is 0 Å². The molecule has 4 heteroatoms. The van der Waals surface area contributed by atoms with E-state index in [1.54, 1.807) is 29.4 Å². The summed E-state index contributed by atoms with van der Waals surface area (Å²) in [5, 5.41) is 10.2. The summed E-state index contributed by atoms with van der Waals surface area (Å²) in [4.78, 5) is 18.3. The van der Waals surface area contributed by atoms with E-state index in [-0.39, 0.29) is 11.9 Å². The predicted octanol–water partition coefficient (Wildman–Crippen LogP) is 1.90. The summed E-state index contributed by atoms with van der Waals surface area (Å²) in [6.07, 6.45) is 4.08. The van der Waals surface area contributed by atoms with Crippen molar-refractivity contribution in [2.45, 2.75) is 25.0 Å². The highest BCUT2D eigenvalue weighted by atomic mass is 16.3. The van der Waals surface area contributed by atoms with Gasteiger partial charge < -0.3 is 10.0 Å². The van der Waals surface area contributed by atoms with Crippen LogP contribution in [0.5, 0.6) is 0 Å². The normalized spacial score (nSPS) is 21.5. The summed E-state index contributed by atoms with van der Waals surface area (Å²) >= 11 is 0. The number of nitrogens with zero attached hydrogens (tertiary/aromatic N) is 2. The van der Waals surface area contributed by atoms with Crippen molar-refractivity contribution in [3.8, 4) is 0 Å². The first-order valence-corrected chi connectivity index (χ1v) is 7.18. The van der Waals surface area contributed by atoms with Gasteiger partial charge in [0.1, 0.15) is 0 Å². The highest BCUT2D eigenvalue weighted by Crippen LogP contribution is 2.23. The number of hydrogen-bond acceptors (Lipinski definition) is 3. The minimum Gasteiger partial charge on any atom is -0.391 e. The third-order valence-corrected chi connectivity index (χ3v) is 3.99. The van der Waals surface area contributed by atoms with E-state index >= 15 is 0 Å². The molecule has 108 valence electrons. The average Bonchev–Trinajstić information content (AvgIpc) is 2.90. The van der Waals surface area contributed by atoms with E-state index in [1.165, 1.54) is 0 Å². The van der Waals surface area contributed by atoms with Crippen LogP contribution in [0.15, 0.2) is 54.9 Å². The summed E-state index contributed by atoms with van der Waals surface area (Å²) in [7, 11) is 0. The number of carbonyl (C=O) groups is 1. The summed E-state index contributed by atoms with van der Waals surface area (Å²) in [5.74, 6) is -0.0325. The molecule has 0 aliphatic carbocycles. The number of hydrogen-bond donors (Lipinski definition) is 1. The third-order valence-electron chi connectivity index (χ3n) is 3.99. The van der Waals surface area contributed by atoms with Crippen LogP contribution in [0.4, 0.5) is 0 Å². The maximum Gasteiger partial charge on any atom is 0.254 e. The number of amides is 1. The van der Waals surface area contributed by atoms with Crippen LogP contribution in [-0.4, -0.2) is 39.6 Å². The molecule has 1 amide bonds. The van der Waals surface area contributed by atoms with Gasteiger partial charge in [-0.25, -0.2) is 0 Å². The smallest absolute Gasteiger partial charge is 0.254 e. The van der Waals surface area contributed by atoms with Crippen LogP contribution in [0, 0.1) is 0 Å². The molecule has 2 atom stereocenters. The van der Waals surface area contributed by atoms with Gasteiger partial charge in [0.05, 0.1) is 12.1 Å². The fourth-order valence-electron chi connectivity index (χ4n) is 2.85. The SMILES string of the molecule is O=C(c1ccncc1)N1CC[C@@H](O)[C@@H]1Cc1ccccc1. The van der Waals surface area contributed by atoms with Crippen LogP contribution >= 0.6 is 0 Å². The highest BCUT2D eigenvalue weighted by molar-refractivity contribution is 5.94. The predicted molar refractivity (Wildman–Crippen MR) is 79.8 cm³/mol. The lowest BCUT2D eigenvalue weighted by atomic mass is 10.0. The molecule has 1 aromatic heterocycles. The Kier molecular flexibility index (Phi) is 3.97. The fraction of sp³-hybridized carbons (Fsp3) is 0.294. The number of likely N-dealkylation sites (tertiary alicyclic amines) is 1. The molecule has 1 aliphatic rings. The zero-order chi connectivity index (χ0) is 14.7. The first-order chi connectivity index (χ1) is 10.3. The van der Waals surface area contributed by atoms with Crippen molar-refractivity contribution in [1.29, 1.82) is 0 Å². The van der Waals surface area contributed by atoms with Gasteiger partial charge in [0, 0.05) is 24.5 Å². The number of rotatable bonds is 3. The number of benzene rings is 1. The van der Waals surface area contributed by atoms with Crippen LogP contribution in [0.3, 0.4) is 0 Å². The number of carbonyl (C=O) groups excluding carboxylic acids is 1. The summed E-state index contributed by atoms with van der Waals surface area (Å²) < 4.78 is 0. The number of aliphatic hydroxyl groups excluding tert-OH is 1. The molecule has 2 heterocycles. The van der Waals surface area contributed by atoms with Gasteiger partial charge in [0.2, 0.25) is 0 Å². The summed E-state index contributed by atoms with van der Waals surface area (Å²) in [5.41, 5.74) is 1.76. The van der Waals surface area contributed by atoms with Crippen molar-refractivity contribution in [1.82, 2.24) is 9.88 Å². The topological polar surface area (TPSA) is 53.4 Å². The van der Waals surface area contributed by atoms with Crippen LogP contribution in [-0.2, 0) is 6.42 Å². The van der Waals surface area contributed by atoms with Gasteiger partial charge in [-0.1, -0.05) is 30.3 Å². The summed E-state index contributed by atoms with van der Waals surface area (Å²) in [6, 6.07) is 13.2. The monoisotopic (exact) mass is 282 g/mol. The van der Waals surface area contributed by atoms with Crippen molar-refractivity contribution in [3.05, 3.63) is 66.0 Å². The standard InChI is InChI=1S/C17H18N2O2/c20-16-8-11-19(17(21)14-6-9-18-10-7-14)15(16)12-13-4-2-1-3-5-13/h1-7,9-10,15-16,20H,8,11-12H2/t15-,16+/m0/s1. The Hall–Kier alpha value is -2.20. The largest absolute Gasteiger partial charge is 0.391 e. The van der Waals surface area contributed by atoms with E-state index < -0.39 is 6.10 Å². The molecule has 4 nitrogen and oxygen atoms in total. The first-order valence-electron chi connectivity index (χ1n) is 7.18. The van der Waals surface area contributed by atoms with Gasteiger partial charge >= 0.3 is 0 Å². The number of aromatic nitrogens is 1. The fourth-order valence-corrected chi connectivity index (χ4v) is 2.85. The molecule has 0 unspecified atom stereocenters. The van der Waals surface area contributed by atoms with E-state index in [1.807, 2.05) is 30.3 Å². The van der Waals surface area contributed by atoms with E-state index in [4.69, 9.17) is 0 Å². The molecule has 0 bridgehead atoms. The Morgan fingerprint density at radius 2 is 1.90 bits per heavy atom. The Bertz CT molecular complexity index is 601. The molecule has 3 rings (SSSR count). The molecule has 0 saturated carbocycles. The Balaban J connectivity index is 1.79. The van der Waals surface area contributed by atoms with Crippen LogP contribution in [0.25, 0.3) is 0 Å². The molecule has 21 heavy (non-hydrogen) atoms. The zero-order valence-corrected chi connectivity index (χ0v) is 11.7. The van der Waals surface area contributed by atoms with Crippen molar-refractivity contribution >= 4 is 5.91 Å². The third kappa shape index (κ3) is 2.95. The van der Waals surface area contributed by atoms with E-state index in [0.29, 0.717) is 24.9 Å². The van der Waals surface area contributed by atoms with E-state index in [2.05, 4.69) is 4.98 Å². The lowest BCUT2D eigenvalue weighted by Crippen LogP contribution is -2.41. The second-order valence-electron chi connectivity index (χ2n) is 5.35. The highest BCUT2D eigenvalue weighted by Gasteiger charge is 2.36. The molecule has 1 fully saturated rings. The van der Waals surface area contributed by atoms with Crippen molar-refractivity contribution < 1.29 is 9.90 Å². The van der Waals surface area contributed by atoms with Crippen molar-refractivity contribution in [3.63, 3.8) is 0 Å². The maximum atomic E-state index is 12.6. The second kappa shape index (κ2) is 6.06. The molecule has 1 N–H and O–H groups in total. The molecule has 1 aromatic carbocycles. The molecular formula is C17H18N2O2. The minimum absolute atomic E-state index is 0.0325. The van der Waals surface area contributed by atoms with Gasteiger partial charge in [-0.3, -0.25) is 9.78 Å². The Morgan fingerprint density at radius 1 is 1.19 bits per heavy atom. The number of aliphatic hydroxyl groups is 1. The molecule has 2 aromatic rings. The van der Waals surface area contributed by atoms with Crippen LogP contribution in [0.1, 0.15) is 22.3 Å². The van der Waals surface area contributed by atoms with E-state index in [0.717, 1.165) is 5.56 Å². The Morgan fingerprint density at radius 3 is 2.62 bits per heavy atom. The molecule has 0 spiro atoms. The lowest BCUT2D eigenvalue weighted by molar-refractivity contribution is 0.0640. The van der Waals surface area contributed by atoms with Crippen molar-refractivity contribution in [2.75, 3.05) is 6.54 Å². The van der Waals surface area contributed by atoms with Gasteiger partial charge in [0.25, 0.3) is 5.91 Å². The Labute approximate surface area is 124 Å². The molecular weight excluding hydrogens is 264 g/mol. The molecule has 1 aliphatic heterocycles. The average molecular weight is 282 g/mol. The van der Waals surface area contributed by atoms with Gasteiger partial charge in [-0.15, -0.1) is 0 Å². The van der Waals surface area contributed by atoms with Gasteiger partial charge in [-0.2, -0.15) is 0 Å². The maximum absolute atomic E-state index is 12.6. The molecule has 0 radical (unpaired) electrons. The number of pyridine rings is 1. The minimum atomic E-state index is -0.462. The summed E-state index contributed by atoms with van der Waals surface area (Å²) in [6.45, 7) is 0.597. The molecule has 1 saturated heterocycles. The van der Waals surface area contributed by atoms with Crippen molar-refractivity contribution in [2.24, 2.45) is 0 Å². The van der Waals surface area contributed by atoms with E-state index in [9.17, 15) is 9.90 Å². The second-order valence-corrected chi connectivity index (χ2v) is 5.35. The van der Waals surface area contributed by atoms with Gasteiger partial charge in [0.15, 0.2) is 0 Å². The lowest BCUT2D eigenvalue weighted by Gasteiger charge is -2.26. The quantitative estimate of drug-likeness (QED) is 0.935. The first kappa shape index (κ1) is 13.8.